The second-order valence-corrected chi connectivity index (χ2v) is 8.79. The summed E-state index contributed by atoms with van der Waals surface area (Å²) in [5.74, 6) is 2.17. The van der Waals surface area contributed by atoms with Crippen LogP contribution in [0.4, 0.5) is 5.69 Å². The van der Waals surface area contributed by atoms with Gasteiger partial charge in [0.05, 0.1) is 24.3 Å². The molecule has 0 atom stereocenters. The van der Waals surface area contributed by atoms with Crippen molar-refractivity contribution in [2.75, 3.05) is 18.2 Å². The number of rotatable bonds is 9. The highest BCUT2D eigenvalue weighted by atomic mass is 32.2. The van der Waals surface area contributed by atoms with Gasteiger partial charge in [0.15, 0.2) is 10.3 Å². The first-order chi connectivity index (χ1) is 14.9. The Kier molecular flexibility index (Phi) is 7.91. The van der Waals surface area contributed by atoms with E-state index in [-0.39, 0.29) is 11.7 Å². The quantitative estimate of drug-likeness (QED) is 0.379. The lowest BCUT2D eigenvalue weighted by atomic mass is 10.2. The van der Waals surface area contributed by atoms with Crippen LogP contribution in [0, 0.1) is 20.8 Å². The van der Waals surface area contributed by atoms with Gasteiger partial charge in [0.25, 0.3) is 0 Å². The van der Waals surface area contributed by atoms with Gasteiger partial charge < -0.3 is 14.6 Å². The molecule has 0 aliphatic rings. The van der Waals surface area contributed by atoms with Crippen LogP contribution < -0.4 is 10.1 Å². The van der Waals surface area contributed by atoms with Gasteiger partial charge >= 0.3 is 0 Å². The van der Waals surface area contributed by atoms with Gasteiger partial charge in [-0.1, -0.05) is 29.6 Å². The maximum Gasteiger partial charge on any atom is 0.234 e. The molecule has 1 N–H and O–H groups in total. The molecule has 164 valence electrons. The van der Waals surface area contributed by atoms with E-state index in [2.05, 4.69) is 25.5 Å². The van der Waals surface area contributed by atoms with Gasteiger partial charge in [-0.05, 0) is 51.5 Å². The molecule has 8 nitrogen and oxygen atoms in total. The minimum Gasteiger partial charge on any atom is -0.495 e. The molecule has 0 saturated heterocycles. The molecule has 3 aromatic rings. The summed E-state index contributed by atoms with van der Waals surface area (Å²) in [5.41, 5.74) is 3.60. The van der Waals surface area contributed by atoms with E-state index in [0.29, 0.717) is 28.9 Å². The molecule has 10 heteroatoms. The number of anilines is 1. The molecule has 0 aliphatic carbocycles. The number of nitrogens with one attached hydrogen (secondary N) is 1. The lowest BCUT2D eigenvalue weighted by Gasteiger charge is -2.11. The first-order valence-electron chi connectivity index (χ1n) is 9.84. The molecule has 0 fully saturated rings. The van der Waals surface area contributed by atoms with Gasteiger partial charge in [0.1, 0.15) is 11.6 Å². The Bertz CT molecular complexity index is 1050. The van der Waals surface area contributed by atoms with Crippen molar-refractivity contribution in [3.05, 3.63) is 47.0 Å². The van der Waals surface area contributed by atoms with Gasteiger partial charge in [-0.25, -0.2) is 9.97 Å². The average Bonchev–Trinajstić information content (AvgIpc) is 3.12. The summed E-state index contributed by atoms with van der Waals surface area (Å²) in [6, 6.07) is 7.62. The van der Waals surface area contributed by atoms with Gasteiger partial charge in [0.2, 0.25) is 5.91 Å². The zero-order chi connectivity index (χ0) is 22.4. The highest BCUT2D eigenvalue weighted by Gasteiger charge is 2.15. The number of hydrogen-bond donors (Lipinski definition) is 1. The molecule has 2 aromatic heterocycles. The molecule has 0 spiro atoms. The molecular weight excluding hydrogens is 432 g/mol. The summed E-state index contributed by atoms with van der Waals surface area (Å²) < 4.78 is 7.34. The molecule has 2 heterocycles. The predicted molar refractivity (Wildman–Crippen MR) is 124 cm³/mol. The van der Waals surface area contributed by atoms with Crippen molar-refractivity contribution in [3.63, 3.8) is 0 Å². The molecule has 0 bridgehead atoms. The van der Waals surface area contributed by atoms with Crippen LogP contribution in [0.3, 0.4) is 0 Å². The van der Waals surface area contributed by atoms with Gasteiger partial charge in [0, 0.05) is 17.9 Å². The number of aromatic nitrogens is 5. The van der Waals surface area contributed by atoms with E-state index in [9.17, 15) is 4.79 Å². The Labute approximate surface area is 190 Å². The van der Waals surface area contributed by atoms with Crippen LogP contribution in [0.2, 0.25) is 0 Å². The minimum atomic E-state index is -0.126. The molecule has 31 heavy (non-hydrogen) atoms. The number of benzene rings is 1. The van der Waals surface area contributed by atoms with E-state index in [1.54, 1.807) is 7.11 Å². The average molecular weight is 459 g/mol. The molecule has 0 aliphatic heterocycles. The van der Waals surface area contributed by atoms with Crippen molar-refractivity contribution in [2.24, 2.45) is 0 Å². The van der Waals surface area contributed by atoms with Crippen LogP contribution in [0.5, 0.6) is 5.75 Å². The second kappa shape index (κ2) is 10.6. The zero-order valence-corrected chi connectivity index (χ0v) is 19.9. The van der Waals surface area contributed by atoms with Crippen molar-refractivity contribution < 1.29 is 9.53 Å². The van der Waals surface area contributed by atoms with Crippen molar-refractivity contribution in [3.8, 4) is 5.75 Å². The third kappa shape index (κ3) is 6.20. The minimum absolute atomic E-state index is 0.126. The van der Waals surface area contributed by atoms with Crippen LogP contribution in [0.1, 0.15) is 29.7 Å². The molecule has 0 radical (unpaired) electrons. The summed E-state index contributed by atoms with van der Waals surface area (Å²) in [6.45, 7) is 8.63. The highest BCUT2D eigenvalue weighted by Crippen LogP contribution is 2.26. The Morgan fingerprint density at radius 1 is 1.10 bits per heavy atom. The Morgan fingerprint density at radius 2 is 1.84 bits per heavy atom. The van der Waals surface area contributed by atoms with Crippen LogP contribution in [-0.4, -0.2) is 43.5 Å². The van der Waals surface area contributed by atoms with E-state index < -0.39 is 0 Å². The Hall–Kier alpha value is -2.59. The highest BCUT2D eigenvalue weighted by molar-refractivity contribution is 7.99. The fourth-order valence-electron chi connectivity index (χ4n) is 2.97. The number of methoxy groups -OCH3 is 1. The molecule has 0 saturated carbocycles. The van der Waals surface area contributed by atoms with Crippen LogP contribution >= 0.6 is 23.5 Å². The van der Waals surface area contributed by atoms with Gasteiger partial charge in [-0.15, -0.1) is 10.2 Å². The summed E-state index contributed by atoms with van der Waals surface area (Å²) >= 11 is 2.89. The lowest BCUT2D eigenvalue weighted by molar-refractivity contribution is -0.113. The van der Waals surface area contributed by atoms with E-state index in [4.69, 9.17) is 4.74 Å². The Morgan fingerprint density at radius 3 is 2.52 bits per heavy atom. The third-order valence-corrected chi connectivity index (χ3v) is 6.17. The SMILES string of the molecule is CCn1c(CSc2nc(C)cc(C)n2)nnc1SCC(=O)Nc1cc(C)ccc1OC. The monoisotopic (exact) mass is 458 g/mol. The smallest absolute Gasteiger partial charge is 0.234 e. The van der Waals surface area contributed by atoms with Crippen molar-refractivity contribution in [2.45, 2.75) is 50.3 Å². The Balaban J connectivity index is 1.61. The predicted octanol–water partition coefficient (Wildman–Crippen LogP) is 4.04. The standard InChI is InChI=1S/C21H26N6O2S2/c1-6-27-18(11-30-20-22-14(3)10-15(4)23-20)25-26-21(27)31-12-19(28)24-16-9-13(2)7-8-17(16)29-5/h7-10H,6,11-12H2,1-5H3,(H,24,28). The lowest BCUT2D eigenvalue weighted by Crippen LogP contribution is -2.15. The van der Waals surface area contributed by atoms with Crippen LogP contribution in [0.25, 0.3) is 0 Å². The van der Waals surface area contributed by atoms with E-state index >= 15 is 0 Å². The van der Waals surface area contributed by atoms with Gasteiger partial charge in [-0.3, -0.25) is 4.79 Å². The fourth-order valence-corrected chi connectivity index (χ4v) is 4.68. The molecule has 0 unspecified atom stereocenters. The van der Waals surface area contributed by atoms with E-state index in [1.165, 1.54) is 23.5 Å². The van der Waals surface area contributed by atoms with Crippen molar-refractivity contribution in [1.29, 1.82) is 0 Å². The van der Waals surface area contributed by atoms with Crippen molar-refractivity contribution in [1.82, 2.24) is 24.7 Å². The zero-order valence-electron chi connectivity index (χ0n) is 18.3. The number of amides is 1. The normalized spacial score (nSPS) is 10.9. The number of nitrogens with zero attached hydrogens (tertiary/aromatic N) is 5. The molecule has 1 aromatic carbocycles. The van der Waals surface area contributed by atoms with Crippen LogP contribution in [0.15, 0.2) is 34.6 Å². The summed E-state index contributed by atoms with van der Waals surface area (Å²) in [7, 11) is 1.58. The number of thioether (sulfide) groups is 2. The molecular formula is C21H26N6O2S2. The topological polar surface area (TPSA) is 94.8 Å². The number of hydrogen-bond acceptors (Lipinski definition) is 8. The number of ether oxygens (including phenoxy) is 1. The maximum atomic E-state index is 12.5. The largest absolute Gasteiger partial charge is 0.495 e. The van der Waals surface area contributed by atoms with Crippen molar-refractivity contribution >= 4 is 35.1 Å². The second-order valence-electron chi connectivity index (χ2n) is 6.91. The van der Waals surface area contributed by atoms with E-state index in [1.807, 2.05) is 56.5 Å². The first kappa shape index (κ1) is 23.1. The van der Waals surface area contributed by atoms with E-state index in [0.717, 1.165) is 27.9 Å². The summed E-state index contributed by atoms with van der Waals surface area (Å²) in [4.78, 5) is 21.4. The third-order valence-electron chi connectivity index (χ3n) is 4.36. The molecule has 3 rings (SSSR count). The fraction of sp³-hybridized carbons (Fsp3) is 0.381. The van der Waals surface area contributed by atoms with Gasteiger partial charge in [-0.2, -0.15) is 0 Å². The number of carbonyl (C=O) groups is 1. The summed E-state index contributed by atoms with van der Waals surface area (Å²) in [5, 5.41) is 12.9. The van der Waals surface area contributed by atoms with Crippen LogP contribution in [-0.2, 0) is 17.1 Å². The summed E-state index contributed by atoms with van der Waals surface area (Å²) in [6.07, 6.45) is 0. The molecule has 1 amide bonds. The number of aryl methyl sites for hydroxylation is 3. The first-order valence-corrected chi connectivity index (χ1v) is 11.8. The maximum absolute atomic E-state index is 12.5. The number of carbonyl (C=O) groups excluding carboxylic acids is 1.